The molecule has 0 aliphatic carbocycles. The Kier molecular flexibility index (Phi) is 5.59. The second-order valence-electron chi connectivity index (χ2n) is 5.57. The van der Waals surface area contributed by atoms with Crippen molar-refractivity contribution in [2.24, 2.45) is 0 Å². The van der Waals surface area contributed by atoms with Crippen molar-refractivity contribution in [3.05, 3.63) is 64.0 Å². The van der Waals surface area contributed by atoms with Gasteiger partial charge < -0.3 is 5.32 Å². The fraction of sp³-hybridized carbons (Fsp3) is 0.188. The fourth-order valence-corrected chi connectivity index (χ4v) is 2.65. The van der Waals surface area contributed by atoms with Crippen LogP contribution >= 0.6 is 15.9 Å². The highest BCUT2D eigenvalue weighted by Gasteiger charge is 2.19. The fourth-order valence-electron chi connectivity index (χ4n) is 2.32. The van der Waals surface area contributed by atoms with Gasteiger partial charge in [-0.3, -0.25) is 14.2 Å². The molecule has 6 nitrogen and oxygen atoms in total. The van der Waals surface area contributed by atoms with Gasteiger partial charge in [0, 0.05) is 37.5 Å². The van der Waals surface area contributed by atoms with Crippen LogP contribution in [0.5, 0.6) is 0 Å². The largest absolute Gasteiger partial charge is 0.309 e. The smallest absolute Gasteiger partial charge is 0.227 e. The molecule has 0 saturated carbocycles. The molecule has 11 heteroatoms. The van der Waals surface area contributed by atoms with E-state index in [1.54, 1.807) is 17.1 Å². The van der Waals surface area contributed by atoms with Crippen LogP contribution in [0.3, 0.4) is 0 Å². The van der Waals surface area contributed by atoms with Crippen molar-refractivity contribution in [1.82, 2.24) is 19.6 Å². The lowest BCUT2D eigenvalue weighted by Gasteiger charge is -2.07. The lowest BCUT2D eigenvalue weighted by Crippen LogP contribution is -2.15. The number of halogens is 5. The number of hydrogen-bond donors (Lipinski definition) is 1. The first kappa shape index (κ1) is 19.1. The monoisotopic (exact) mass is 445 g/mol. The molecule has 3 aromatic rings. The second kappa shape index (κ2) is 7.91. The first-order valence-electron chi connectivity index (χ1n) is 7.66. The molecule has 0 unspecified atom stereocenters. The van der Waals surface area contributed by atoms with Gasteiger partial charge in [0.15, 0.2) is 29.1 Å². The van der Waals surface area contributed by atoms with Crippen molar-refractivity contribution in [3.63, 3.8) is 0 Å². The molecule has 0 aliphatic heterocycles. The number of amides is 1. The van der Waals surface area contributed by atoms with Crippen LogP contribution in [0.25, 0.3) is 0 Å². The molecule has 0 saturated heterocycles. The van der Waals surface area contributed by atoms with Gasteiger partial charge in [-0.2, -0.15) is 10.2 Å². The Morgan fingerprint density at radius 2 is 1.85 bits per heavy atom. The van der Waals surface area contributed by atoms with E-state index < -0.39 is 35.4 Å². The summed E-state index contributed by atoms with van der Waals surface area (Å²) in [5.41, 5.74) is -0.794. The van der Waals surface area contributed by atoms with Gasteiger partial charge >= 0.3 is 0 Å². The number of aryl methyl sites for hydroxylation is 1. The Balaban J connectivity index is 1.63. The number of nitrogens with zero attached hydrogens (tertiary/aromatic N) is 4. The van der Waals surface area contributed by atoms with Crippen LogP contribution in [0.1, 0.15) is 12.0 Å². The van der Waals surface area contributed by atoms with Crippen LogP contribution in [-0.2, 0) is 17.9 Å². The molecule has 0 atom stereocenters. The van der Waals surface area contributed by atoms with Crippen LogP contribution in [0, 0.1) is 23.3 Å². The summed E-state index contributed by atoms with van der Waals surface area (Å²) in [6.45, 7) is -0.194. The van der Waals surface area contributed by atoms with Gasteiger partial charge in [0.25, 0.3) is 0 Å². The average molecular weight is 446 g/mol. The molecule has 1 aromatic carbocycles. The SMILES string of the molecule is O=C(CCn1cc(Br)cn1)Nc1ccn(Cc2c(F)c(F)cc(F)c2F)n1. The quantitative estimate of drug-likeness (QED) is 0.466. The van der Waals surface area contributed by atoms with E-state index >= 15 is 0 Å². The van der Waals surface area contributed by atoms with E-state index in [0.29, 0.717) is 6.54 Å². The Labute approximate surface area is 158 Å². The van der Waals surface area contributed by atoms with Gasteiger partial charge in [-0.25, -0.2) is 17.6 Å². The molecular formula is C16H12BrF4N5O. The molecule has 1 N–H and O–H groups in total. The zero-order valence-corrected chi connectivity index (χ0v) is 15.2. The van der Waals surface area contributed by atoms with Gasteiger partial charge in [0.2, 0.25) is 5.91 Å². The molecule has 0 spiro atoms. The molecule has 0 radical (unpaired) electrons. The molecule has 27 heavy (non-hydrogen) atoms. The van der Waals surface area contributed by atoms with Crippen LogP contribution in [0.4, 0.5) is 23.4 Å². The third-order valence-electron chi connectivity index (χ3n) is 3.60. The van der Waals surface area contributed by atoms with Gasteiger partial charge in [-0.1, -0.05) is 0 Å². The Morgan fingerprint density at radius 3 is 2.48 bits per heavy atom. The lowest BCUT2D eigenvalue weighted by atomic mass is 10.2. The summed E-state index contributed by atoms with van der Waals surface area (Å²) < 4.78 is 57.3. The van der Waals surface area contributed by atoms with Crippen molar-refractivity contribution >= 4 is 27.7 Å². The van der Waals surface area contributed by atoms with Crippen LogP contribution < -0.4 is 5.32 Å². The normalized spacial score (nSPS) is 11.0. The topological polar surface area (TPSA) is 64.7 Å². The zero-order chi connectivity index (χ0) is 19.6. The van der Waals surface area contributed by atoms with Crippen molar-refractivity contribution in [2.45, 2.75) is 19.5 Å². The highest BCUT2D eigenvalue weighted by atomic mass is 79.9. The predicted octanol–water partition coefficient (Wildman–Crippen LogP) is 3.48. The number of aromatic nitrogens is 4. The van der Waals surface area contributed by atoms with E-state index in [1.165, 1.54) is 12.3 Å². The summed E-state index contributed by atoms with van der Waals surface area (Å²) >= 11 is 3.24. The molecule has 1 amide bonds. The molecule has 3 rings (SSSR count). The van der Waals surface area contributed by atoms with Gasteiger partial charge in [0.1, 0.15) is 0 Å². The lowest BCUT2D eigenvalue weighted by molar-refractivity contribution is -0.116. The summed E-state index contributed by atoms with van der Waals surface area (Å²) in [4.78, 5) is 11.9. The van der Waals surface area contributed by atoms with Crippen molar-refractivity contribution in [2.75, 3.05) is 5.32 Å². The minimum Gasteiger partial charge on any atom is -0.309 e. The van der Waals surface area contributed by atoms with Gasteiger partial charge in [-0.05, 0) is 15.9 Å². The van der Waals surface area contributed by atoms with E-state index in [9.17, 15) is 22.4 Å². The van der Waals surface area contributed by atoms with E-state index in [2.05, 4.69) is 31.4 Å². The number of rotatable bonds is 6. The Bertz CT molecular complexity index is 961. The number of nitrogens with one attached hydrogen (secondary N) is 1. The number of benzene rings is 1. The van der Waals surface area contributed by atoms with Crippen LogP contribution in [-0.4, -0.2) is 25.5 Å². The Hall–Kier alpha value is -2.69. The van der Waals surface area contributed by atoms with Crippen molar-refractivity contribution in [1.29, 1.82) is 0 Å². The first-order chi connectivity index (χ1) is 12.8. The molecule has 142 valence electrons. The number of carbonyl (C=O) groups excluding carboxylic acids is 1. The van der Waals surface area contributed by atoms with Gasteiger partial charge in [-0.15, -0.1) is 0 Å². The molecule has 2 aromatic heterocycles. The number of hydrogen-bond acceptors (Lipinski definition) is 3. The highest BCUT2D eigenvalue weighted by Crippen LogP contribution is 2.20. The summed E-state index contributed by atoms with van der Waals surface area (Å²) in [7, 11) is 0. The summed E-state index contributed by atoms with van der Waals surface area (Å²) in [6, 6.07) is 1.54. The molecule has 0 aliphatic rings. The maximum atomic E-state index is 13.7. The maximum Gasteiger partial charge on any atom is 0.227 e. The van der Waals surface area contributed by atoms with E-state index in [-0.39, 0.29) is 24.2 Å². The third kappa shape index (κ3) is 4.54. The summed E-state index contributed by atoms with van der Waals surface area (Å²) in [6.07, 6.45) is 4.75. The van der Waals surface area contributed by atoms with Crippen molar-refractivity contribution < 1.29 is 22.4 Å². The molecule has 0 bridgehead atoms. The van der Waals surface area contributed by atoms with E-state index in [4.69, 9.17) is 0 Å². The van der Waals surface area contributed by atoms with E-state index in [1.807, 2.05) is 0 Å². The van der Waals surface area contributed by atoms with Gasteiger partial charge in [0.05, 0.1) is 22.8 Å². The van der Waals surface area contributed by atoms with Crippen LogP contribution in [0.15, 0.2) is 35.2 Å². The Morgan fingerprint density at radius 1 is 1.15 bits per heavy atom. The minimum atomic E-state index is -1.49. The predicted molar refractivity (Wildman–Crippen MR) is 90.8 cm³/mol. The minimum absolute atomic E-state index is 0.124. The summed E-state index contributed by atoms with van der Waals surface area (Å²) in [5.74, 6) is -6.16. The average Bonchev–Trinajstić information content (AvgIpc) is 3.24. The third-order valence-corrected chi connectivity index (χ3v) is 4.01. The maximum absolute atomic E-state index is 13.7. The highest BCUT2D eigenvalue weighted by molar-refractivity contribution is 9.10. The first-order valence-corrected chi connectivity index (χ1v) is 8.46. The van der Waals surface area contributed by atoms with E-state index in [0.717, 1.165) is 9.15 Å². The summed E-state index contributed by atoms with van der Waals surface area (Å²) in [5, 5.41) is 10.5. The number of anilines is 1. The number of carbonyl (C=O) groups is 1. The second-order valence-corrected chi connectivity index (χ2v) is 6.48. The molecule has 0 fully saturated rings. The molecular weight excluding hydrogens is 434 g/mol. The van der Waals surface area contributed by atoms with Crippen molar-refractivity contribution in [3.8, 4) is 0 Å². The zero-order valence-electron chi connectivity index (χ0n) is 13.6. The van der Waals surface area contributed by atoms with Crippen LogP contribution in [0.2, 0.25) is 0 Å². The molecule has 2 heterocycles. The standard InChI is InChI=1S/C16H12BrF4N5O/c17-9-6-22-25(7-9)4-2-14(27)23-13-1-3-26(24-13)8-10-15(20)11(18)5-12(19)16(10)21/h1,3,5-7H,2,4,8H2,(H,23,24,27).